The topological polar surface area (TPSA) is 33.6 Å². The van der Waals surface area contributed by atoms with Crippen molar-refractivity contribution in [3.63, 3.8) is 0 Å². The van der Waals surface area contributed by atoms with Gasteiger partial charge in [0.05, 0.1) is 17.1 Å². The predicted octanol–water partition coefficient (Wildman–Crippen LogP) is 3.90. The number of aromatic amines is 1. The average molecular weight is 279 g/mol. The second kappa shape index (κ2) is 4.29. The van der Waals surface area contributed by atoms with Crippen molar-refractivity contribution in [2.24, 2.45) is 0 Å². The van der Waals surface area contributed by atoms with Gasteiger partial charge in [0.25, 0.3) is 0 Å². The fraction of sp³-hybridized carbons (Fsp3) is 0.167. The number of benzene rings is 1. The molecule has 0 radical (unpaired) electrons. The van der Waals surface area contributed by atoms with Crippen molar-refractivity contribution in [3.8, 4) is 0 Å². The van der Waals surface area contributed by atoms with Crippen LogP contribution in [0.4, 0.5) is 4.39 Å². The summed E-state index contributed by atoms with van der Waals surface area (Å²) in [7, 11) is 0. The number of imidazole rings is 1. The third kappa shape index (κ3) is 1.77. The first kappa shape index (κ1) is 11.6. The summed E-state index contributed by atoms with van der Waals surface area (Å²) in [6.07, 6.45) is 1.76. The number of thiazole rings is 1. The van der Waals surface area contributed by atoms with Crippen molar-refractivity contribution in [2.45, 2.75) is 13.0 Å². The summed E-state index contributed by atoms with van der Waals surface area (Å²) in [5, 5.41) is 2.88. The SMILES string of the molecule is CC(c1nccs1)n1c(=S)[nH]c2ccc(F)cc21. The highest BCUT2D eigenvalue weighted by Gasteiger charge is 2.15. The molecule has 0 aliphatic carbocycles. The Morgan fingerprint density at radius 2 is 2.33 bits per heavy atom. The van der Waals surface area contributed by atoms with Crippen LogP contribution in [0.3, 0.4) is 0 Å². The summed E-state index contributed by atoms with van der Waals surface area (Å²) in [5.41, 5.74) is 1.60. The van der Waals surface area contributed by atoms with Gasteiger partial charge in [0.15, 0.2) is 4.77 Å². The maximum atomic E-state index is 13.4. The van der Waals surface area contributed by atoms with Crippen LogP contribution in [-0.2, 0) is 0 Å². The van der Waals surface area contributed by atoms with Crippen LogP contribution in [-0.4, -0.2) is 14.5 Å². The summed E-state index contributed by atoms with van der Waals surface area (Å²) >= 11 is 6.87. The Hall–Kier alpha value is -1.53. The third-order valence-corrected chi connectivity index (χ3v) is 4.12. The maximum absolute atomic E-state index is 13.4. The minimum atomic E-state index is -0.267. The normalized spacial score (nSPS) is 13.0. The molecule has 6 heteroatoms. The van der Waals surface area contributed by atoms with Gasteiger partial charge in [0.2, 0.25) is 0 Å². The van der Waals surface area contributed by atoms with Gasteiger partial charge in [-0.2, -0.15) is 0 Å². The largest absolute Gasteiger partial charge is 0.331 e. The molecular formula is C12H10FN3S2. The van der Waals surface area contributed by atoms with Gasteiger partial charge < -0.3 is 9.55 Å². The number of hydrogen-bond acceptors (Lipinski definition) is 3. The minimum Gasteiger partial charge on any atom is -0.331 e. The standard InChI is InChI=1S/C12H10FN3S2/c1-7(11-14-4-5-18-11)16-10-6-8(13)2-3-9(10)15-12(16)17/h2-7H,1H3,(H,15,17). The molecule has 0 fully saturated rings. The van der Waals surface area contributed by atoms with E-state index in [2.05, 4.69) is 9.97 Å². The van der Waals surface area contributed by atoms with Crippen molar-refractivity contribution in [1.29, 1.82) is 0 Å². The van der Waals surface area contributed by atoms with Gasteiger partial charge in [-0.15, -0.1) is 11.3 Å². The molecule has 0 saturated heterocycles. The molecule has 1 aromatic carbocycles. The van der Waals surface area contributed by atoms with Crippen molar-refractivity contribution in [3.05, 3.63) is 45.4 Å². The molecule has 3 rings (SSSR count). The number of hydrogen-bond donors (Lipinski definition) is 1. The molecule has 2 heterocycles. The zero-order valence-electron chi connectivity index (χ0n) is 9.55. The van der Waals surface area contributed by atoms with E-state index in [-0.39, 0.29) is 11.9 Å². The van der Waals surface area contributed by atoms with Gasteiger partial charge in [-0.1, -0.05) is 0 Å². The number of halogens is 1. The van der Waals surface area contributed by atoms with E-state index in [1.54, 1.807) is 23.6 Å². The molecule has 0 bridgehead atoms. The van der Waals surface area contributed by atoms with Crippen LogP contribution in [0.25, 0.3) is 11.0 Å². The van der Waals surface area contributed by atoms with Crippen molar-refractivity contribution in [1.82, 2.24) is 14.5 Å². The van der Waals surface area contributed by atoms with Crippen LogP contribution in [0.2, 0.25) is 0 Å². The number of fused-ring (bicyclic) bond motifs is 1. The molecule has 0 aliphatic heterocycles. The molecule has 0 amide bonds. The molecule has 2 aromatic heterocycles. The van der Waals surface area contributed by atoms with E-state index in [9.17, 15) is 4.39 Å². The Morgan fingerprint density at radius 1 is 1.50 bits per heavy atom. The van der Waals surface area contributed by atoms with Crippen LogP contribution in [0.15, 0.2) is 29.8 Å². The van der Waals surface area contributed by atoms with Crippen LogP contribution in [0.1, 0.15) is 18.0 Å². The van der Waals surface area contributed by atoms with Gasteiger partial charge in [0, 0.05) is 11.6 Å². The van der Waals surface area contributed by atoms with Gasteiger partial charge >= 0.3 is 0 Å². The quantitative estimate of drug-likeness (QED) is 0.722. The number of nitrogens with zero attached hydrogens (tertiary/aromatic N) is 2. The molecule has 0 spiro atoms. The second-order valence-electron chi connectivity index (χ2n) is 4.01. The number of H-pyrrole nitrogens is 1. The lowest BCUT2D eigenvalue weighted by Gasteiger charge is -2.11. The first-order valence-corrected chi connectivity index (χ1v) is 6.75. The molecule has 3 aromatic rings. The highest BCUT2D eigenvalue weighted by atomic mass is 32.1. The summed E-state index contributed by atoms with van der Waals surface area (Å²) in [6, 6.07) is 4.61. The lowest BCUT2D eigenvalue weighted by molar-refractivity contribution is 0.621. The highest BCUT2D eigenvalue weighted by molar-refractivity contribution is 7.71. The smallest absolute Gasteiger partial charge is 0.178 e. The number of aromatic nitrogens is 3. The molecule has 0 saturated carbocycles. The first-order chi connectivity index (χ1) is 8.66. The molecule has 3 nitrogen and oxygen atoms in total. The van der Waals surface area contributed by atoms with E-state index in [4.69, 9.17) is 12.2 Å². The molecule has 1 N–H and O–H groups in total. The first-order valence-electron chi connectivity index (χ1n) is 5.46. The van der Waals surface area contributed by atoms with Gasteiger partial charge in [-0.05, 0) is 37.3 Å². The minimum absolute atomic E-state index is 0.00644. The van der Waals surface area contributed by atoms with Gasteiger partial charge in [0.1, 0.15) is 10.8 Å². The lowest BCUT2D eigenvalue weighted by Crippen LogP contribution is -2.06. The van der Waals surface area contributed by atoms with E-state index in [0.717, 1.165) is 16.0 Å². The second-order valence-corrected chi connectivity index (χ2v) is 5.32. The Balaban J connectivity index is 2.25. The summed E-state index contributed by atoms with van der Waals surface area (Å²) in [5.74, 6) is -0.267. The van der Waals surface area contributed by atoms with E-state index in [1.165, 1.54) is 12.1 Å². The Morgan fingerprint density at radius 3 is 3.06 bits per heavy atom. The summed E-state index contributed by atoms with van der Waals surface area (Å²) in [4.78, 5) is 7.37. The molecule has 1 unspecified atom stereocenters. The molecule has 1 atom stereocenters. The van der Waals surface area contributed by atoms with Crippen molar-refractivity contribution >= 4 is 34.6 Å². The average Bonchev–Trinajstić information content (AvgIpc) is 2.94. The molecule has 92 valence electrons. The van der Waals surface area contributed by atoms with Crippen LogP contribution < -0.4 is 0 Å². The van der Waals surface area contributed by atoms with E-state index < -0.39 is 0 Å². The fourth-order valence-corrected chi connectivity index (χ4v) is 3.08. The monoisotopic (exact) mass is 279 g/mol. The number of rotatable bonds is 2. The summed E-state index contributed by atoms with van der Waals surface area (Å²) < 4.78 is 15.8. The van der Waals surface area contributed by atoms with Crippen LogP contribution in [0.5, 0.6) is 0 Å². The third-order valence-electron chi connectivity index (χ3n) is 2.88. The van der Waals surface area contributed by atoms with E-state index >= 15 is 0 Å². The van der Waals surface area contributed by atoms with E-state index in [0.29, 0.717) is 4.77 Å². The molecular weight excluding hydrogens is 269 g/mol. The zero-order chi connectivity index (χ0) is 12.7. The fourth-order valence-electron chi connectivity index (χ4n) is 2.03. The maximum Gasteiger partial charge on any atom is 0.178 e. The summed E-state index contributed by atoms with van der Waals surface area (Å²) in [6.45, 7) is 2.01. The van der Waals surface area contributed by atoms with Gasteiger partial charge in [-0.25, -0.2) is 9.37 Å². The Labute approximate surface area is 112 Å². The van der Waals surface area contributed by atoms with Crippen molar-refractivity contribution in [2.75, 3.05) is 0 Å². The van der Waals surface area contributed by atoms with Gasteiger partial charge in [-0.3, -0.25) is 0 Å². The van der Waals surface area contributed by atoms with E-state index in [1.807, 2.05) is 16.9 Å². The predicted molar refractivity (Wildman–Crippen MR) is 73.0 cm³/mol. The van der Waals surface area contributed by atoms with Crippen LogP contribution in [0, 0.1) is 10.6 Å². The zero-order valence-corrected chi connectivity index (χ0v) is 11.2. The van der Waals surface area contributed by atoms with Crippen LogP contribution >= 0.6 is 23.6 Å². The lowest BCUT2D eigenvalue weighted by atomic mass is 10.3. The molecule has 18 heavy (non-hydrogen) atoms. The van der Waals surface area contributed by atoms with Crippen molar-refractivity contribution < 1.29 is 4.39 Å². The highest BCUT2D eigenvalue weighted by Crippen LogP contribution is 2.25. The molecule has 0 aliphatic rings. The Kier molecular flexibility index (Phi) is 2.76. The Bertz CT molecular complexity index is 742. The number of nitrogens with one attached hydrogen (secondary N) is 1.